The molecule has 2 aromatic carbocycles. The zero-order valence-corrected chi connectivity index (χ0v) is 18.3. The van der Waals surface area contributed by atoms with Crippen LogP contribution in [0.5, 0.6) is 0 Å². The predicted octanol–water partition coefficient (Wildman–Crippen LogP) is 4.99. The lowest BCUT2D eigenvalue weighted by Gasteiger charge is -2.06. The molecule has 0 bridgehead atoms. The summed E-state index contributed by atoms with van der Waals surface area (Å²) in [6.45, 7) is 2.41. The molecule has 0 atom stereocenters. The van der Waals surface area contributed by atoms with Gasteiger partial charge in [0.05, 0.1) is 18.4 Å². The van der Waals surface area contributed by atoms with E-state index in [2.05, 4.69) is 20.5 Å². The molecule has 33 heavy (non-hydrogen) atoms. The van der Waals surface area contributed by atoms with E-state index in [1.54, 1.807) is 33.7 Å². The Morgan fingerprint density at radius 2 is 1.85 bits per heavy atom. The van der Waals surface area contributed by atoms with E-state index in [0.717, 1.165) is 22.4 Å². The van der Waals surface area contributed by atoms with Crippen LogP contribution in [-0.4, -0.2) is 30.3 Å². The number of halogens is 2. The van der Waals surface area contributed by atoms with Gasteiger partial charge in [0, 0.05) is 18.0 Å². The summed E-state index contributed by atoms with van der Waals surface area (Å²) >= 11 is 6.28. The maximum absolute atomic E-state index is 13.1. The minimum atomic E-state index is -0.424. The minimum Gasteiger partial charge on any atom is -0.304 e. The zero-order valence-electron chi connectivity index (χ0n) is 17.5. The maximum Gasteiger partial charge on any atom is 0.262 e. The fourth-order valence-electron chi connectivity index (χ4n) is 3.51. The molecule has 0 unspecified atom stereocenters. The number of aromatic nitrogens is 5. The molecule has 3 heterocycles. The zero-order chi connectivity index (χ0) is 22.9. The first kappa shape index (κ1) is 20.8. The smallest absolute Gasteiger partial charge is 0.262 e. The lowest BCUT2D eigenvalue weighted by atomic mass is 10.1. The van der Waals surface area contributed by atoms with Crippen molar-refractivity contribution in [2.75, 3.05) is 5.32 Å². The van der Waals surface area contributed by atoms with Crippen molar-refractivity contribution in [3.05, 3.63) is 101 Å². The Morgan fingerprint density at radius 3 is 2.61 bits per heavy atom. The van der Waals surface area contributed by atoms with Crippen molar-refractivity contribution in [2.24, 2.45) is 0 Å². The third kappa shape index (κ3) is 4.20. The monoisotopic (exact) mass is 460 g/mol. The molecular weight excluding hydrogens is 443 g/mol. The van der Waals surface area contributed by atoms with Crippen LogP contribution in [-0.2, 0) is 6.54 Å². The van der Waals surface area contributed by atoms with Crippen molar-refractivity contribution >= 4 is 29.0 Å². The molecule has 0 saturated carbocycles. The molecule has 3 aromatic heterocycles. The molecule has 164 valence electrons. The van der Waals surface area contributed by atoms with Gasteiger partial charge in [-0.25, -0.2) is 13.9 Å². The number of carbonyl (C=O) groups excluding carboxylic acids is 1. The molecule has 7 nitrogen and oxygen atoms in total. The number of rotatable bonds is 5. The van der Waals surface area contributed by atoms with Gasteiger partial charge >= 0.3 is 0 Å². The maximum atomic E-state index is 13.1. The average molecular weight is 461 g/mol. The Kier molecular flexibility index (Phi) is 5.35. The first-order valence-electron chi connectivity index (χ1n) is 10.2. The van der Waals surface area contributed by atoms with Crippen LogP contribution in [0.2, 0.25) is 5.02 Å². The second kappa shape index (κ2) is 8.48. The van der Waals surface area contributed by atoms with Crippen molar-refractivity contribution in [3.8, 4) is 11.3 Å². The molecule has 0 fully saturated rings. The third-order valence-electron chi connectivity index (χ3n) is 5.20. The summed E-state index contributed by atoms with van der Waals surface area (Å²) < 4.78 is 16.3. The third-order valence-corrected chi connectivity index (χ3v) is 5.48. The van der Waals surface area contributed by atoms with Gasteiger partial charge in [0.1, 0.15) is 16.4 Å². The molecule has 0 spiro atoms. The van der Waals surface area contributed by atoms with E-state index in [1.165, 1.54) is 18.3 Å². The highest BCUT2D eigenvalue weighted by atomic mass is 35.5. The number of fused-ring (bicyclic) bond motifs is 1. The summed E-state index contributed by atoms with van der Waals surface area (Å²) in [6, 6.07) is 16.0. The van der Waals surface area contributed by atoms with Crippen molar-refractivity contribution in [1.82, 2.24) is 24.4 Å². The van der Waals surface area contributed by atoms with Crippen LogP contribution < -0.4 is 5.32 Å². The fraction of sp³-hybridized carbons (Fsp3) is 0.0833. The van der Waals surface area contributed by atoms with E-state index in [4.69, 9.17) is 11.6 Å². The normalized spacial score (nSPS) is 11.1. The van der Waals surface area contributed by atoms with Crippen LogP contribution in [0.4, 0.5) is 10.2 Å². The summed E-state index contributed by atoms with van der Waals surface area (Å²) in [7, 11) is 0. The first-order valence-corrected chi connectivity index (χ1v) is 10.5. The molecule has 0 aliphatic heterocycles. The standard InChI is InChI=1S/C24H18ClFN6O/c1-15-2-6-17(7-3-15)21-10-11-27-23-19(12-28-32(21)23)24(33)29-22-20(25)14-31(30-22)13-16-4-8-18(26)9-5-16/h2-12,14H,13H2,1H3,(H,29,30,33). The van der Waals surface area contributed by atoms with Gasteiger partial charge in [-0.2, -0.15) is 10.2 Å². The molecule has 9 heteroatoms. The molecule has 1 amide bonds. The molecule has 0 saturated heterocycles. The molecule has 5 aromatic rings. The van der Waals surface area contributed by atoms with E-state index in [0.29, 0.717) is 17.8 Å². The number of carbonyl (C=O) groups is 1. The second-order valence-electron chi connectivity index (χ2n) is 7.59. The quantitative estimate of drug-likeness (QED) is 0.400. The Labute approximate surface area is 193 Å². The average Bonchev–Trinajstić information content (AvgIpc) is 3.39. The van der Waals surface area contributed by atoms with Gasteiger partial charge in [-0.1, -0.05) is 53.6 Å². The molecule has 0 aliphatic carbocycles. The molecule has 0 aliphatic rings. The SMILES string of the molecule is Cc1ccc(-c2ccnc3c(C(=O)Nc4nn(Cc5ccc(F)cc5)cc4Cl)cnn23)cc1. The number of aryl methyl sites for hydroxylation is 1. The Balaban J connectivity index is 1.40. The van der Waals surface area contributed by atoms with Crippen LogP contribution in [0.15, 0.2) is 73.2 Å². The summed E-state index contributed by atoms with van der Waals surface area (Å²) in [5.41, 5.74) is 4.51. The lowest BCUT2D eigenvalue weighted by Crippen LogP contribution is -2.13. The molecule has 0 radical (unpaired) electrons. The fourth-order valence-corrected chi connectivity index (χ4v) is 3.71. The van der Waals surface area contributed by atoms with Crippen molar-refractivity contribution in [1.29, 1.82) is 0 Å². The van der Waals surface area contributed by atoms with Crippen LogP contribution in [0, 0.1) is 12.7 Å². The number of benzene rings is 2. The van der Waals surface area contributed by atoms with E-state index in [-0.39, 0.29) is 16.7 Å². The van der Waals surface area contributed by atoms with Crippen LogP contribution >= 0.6 is 11.6 Å². The number of hydrogen-bond acceptors (Lipinski definition) is 4. The molecule has 1 N–H and O–H groups in total. The topological polar surface area (TPSA) is 77.1 Å². The summed E-state index contributed by atoms with van der Waals surface area (Å²) in [6.07, 6.45) is 4.72. The van der Waals surface area contributed by atoms with E-state index in [9.17, 15) is 9.18 Å². The first-order chi connectivity index (χ1) is 16.0. The summed E-state index contributed by atoms with van der Waals surface area (Å²) in [5, 5.41) is 11.7. The highest BCUT2D eigenvalue weighted by Crippen LogP contribution is 2.24. The van der Waals surface area contributed by atoms with Gasteiger partial charge < -0.3 is 5.32 Å². The Bertz CT molecular complexity index is 1460. The largest absolute Gasteiger partial charge is 0.304 e. The van der Waals surface area contributed by atoms with Gasteiger partial charge in [0.15, 0.2) is 11.5 Å². The highest BCUT2D eigenvalue weighted by Gasteiger charge is 2.19. The Hall–Kier alpha value is -4.04. The summed E-state index contributed by atoms with van der Waals surface area (Å²) in [5.74, 6) is -0.511. The van der Waals surface area contributed by atoms with Gasteiger partial charge in [-0.3, -0.25) is 9.48 Å². The van der Waals surface area contributed by atoms with Crippen molar-refractivity contribution in [3.63, 3.8) is 0 Å². The van der Waals surface area contributed by atoms with E-state index in [1.807, 2.05) is 37.3 Å². The Morgan fingerprint density at radius 1 is 1.09 bits per heavy atom. The highest BCUT2D eigenvalue weighted by molar-refractivity contribution is 6.33. The van der Waals surface area contributed by atoms with Gasteiger partial charge in [0.25, 0.3) is 5.91 Å². The number of hydrogen-bond donors (Lipinski definition) is 1. The van der Waals surface area contributed by atoms with Crippen LogP contribution in [0.3, 0.4) is 0 Å². The number of nitrogens with one attached hydrogen (secondary N) is 1. The summed E-state index contributed by atoms with van der Waals surface area (Å²) in [4.78, 5) is 17.3. The number of nitrogens with zero attached hydrogens (tertiary/aromatic N) is 5. The van der Waals surface area contributed by atoms with Gasteiger partial charge in [0.2, 0.25) is 0 Å². The number of anilines is 1. The van der Waals surface area contributed by atoms with Crippen molar-refractivity contribution in [2.45, 2.75) is 13.5 Å². The van der Waals surface area contributed by atoms with Crippen LogP contribution in [0.1, 0.15) is 21.5 Å². The van der Waals surface area contributed by atoms with Crippen LogP contribution in [0.25, 0.3) is 16.9 Å². The predicted molar refractivity (Wildman–Crippen MR) is 124 cm³/mol. The minimum absolute atomic E-state index is 0.220. The number of amides is 1. The molecule has 5 rings (SSSR count). The van der Waals surface area contributed by atoms with E-state index < -0.39 is 5.91 Å². The van der Waals surface area contributed by atoms with Gasteiger partial charge in [-0.15, -0.1) is 0 Å². The lowest BCUT2D eigenvalue weighted by molar-refractivity contribution is 0.102. The van der Waals surface area contributed by atoms with E-state index >= 15 is 0 Å². The molecular formula is C24H18ClFN6O. The van der Waals surface area contributed by atoms with Gasteiger partial charge in [-0.05, 0) is 30.7 Å². The van der Waals surface area contributed by atoms with Crippen molar-refractivity contribution < 1.29 is 9.18 Å². The second-order valence-corrected chi connectivity index (χ2v) is 8.00.